The maximum atomic E-state index is 6.03. The van der Waals surface area contributed by atoms with Gasteiger partial charge in [0.15, 0.2) is 0 Å². The number of alkyl halides is 1. The zero-order valence-corrected chi connectivity index (χ0v) is 7.46. The first-order valence-corrected chi connectivity index (χ1v) is 4.44. The molecule has 0 aromatic heterocycles. The molecule has 2 atom stereocenters. The van der Waals surface area contributed by atoms with E-state index in [1.54, 1.807) is 0 Å². The van der Waals surface area contributed by atoms with E-state index in [-0.39, 0.29) is 5.38 Å². The monoisotopic (exact) mass is 168 g/mol. The van der Waals surface area contributed by atoms with Crippen molar-refractivity contribution in [3.63, 3.8) is 0 Å². The average Bonchev–Trinajstić information content (AvgIpc) is 2.03. The first-order valence-electron chi connectivity index (χ1n) is 4.00. The first-order chi connectivity index (χ1) is 5.34. The van der Waals surface area contributed by atoms with Gasteiger partial charge >= 0.3 is 0 Å². The van der Waals surface area contributed by atoms with Crippen LogP contribution in [-0.2, 0) is 0 Å². The van der Waals surface area contributed by atoms with E-state index in [2.05, 4.69) is 25.2 Å². The van der Waals surface area contributed by atoms with Crippen molar-refractivity contribution in [2.75, 3.05) is 0 Å². The van der Waals surface area contributed by atoms with E-state index in [4.69, 9.17) is 11.6 Å². The second-order valence-corrected chi connectivity index (χ2v) is 3.13. The first kappa shape index (κ1) is 8.61. The highest BCUT2D eigenvalue weighted by molar-refractivity contribution is 6.22. The van der Waals surface area contributed by atoms with Crippen molar-refractivity contribution in [1.82, 2.24) is 0 Å². The molecule has 0 nitrogen and oxygen atoms in total. The zero-order chi connectivity index (χ0) is 8.10. The summed E-state index contributed by atoms with van der Waals surface area (Å²) in [6.45, 7) is 2.13. The SMILES string of the molecule is CC/C=C/C1C=CC=CC1Cl. The highest BCUT2D eigenvalue weighted by Gasteiger charge is 2.11. The van der Waals surface area contributed by atoms with E-state index in [1.165, 1.54) is 0 Å². The molecule has 1 aliphatic carbocycles. The van der Waals surface area contributed by atoms with Crippen molar-refractivity contribution < 1.29 is 0 Å². The Morgan fingerprint density at radius 3 is 2.73 bits per heavy atom. The lowest BCUT2D eigenvalue weighted by molar-refractivity contribution is 0.826. The summed E-state index contributed by atoms with van der Waals surface area (Å²) in [6, 6.07) is 0. The molecule has 0 fully saturated rings. The zero-order valence-electron chi connectivity index (χ0n) is 6.70. The number of hydrogen-bond donors (Lipinski definition) is 0. The van der Waals surface area contributed by atoms with Crippen molar-refractivity contribution in [2.24, 2.45) is 5.92 Å². The van der Waals surface area contributed by atoms with E-state index in [0.29, 0.717) is 5.92 Å². The summed E-state index contributed by atoms with van der Waals surface area (Å²) in [7, 11) is 0. The van der Waals surface area contributed by atoms with Gasteiger partial charge < -0.3 is 0 Å². The summed E-state index contributed by atoms with van der Waals surface area (Å²) in [5.74, 6) is 0.390. The minimum absolute atomic E-state index is 0.141. The Hall–Kier alpha value is -0.490. The summed E-state index contributed by atoms with van der Waals surface area (Å²) in [4.78, 5) is 0. The van der Waals surface area contributed by atoms with Crippen LogP contribution in [-0.4, -0.2) is 5.38 Å². The maximum absolute atomic E-state index is 6.03. The molecule has 0 aliphatic heterocycles. The number of hydrogen-bond acceptors (Lipinski definition) is 0. The van der Waals surface area contributed by atoms with Crippen molar-refractivity contribution in [2.45, 2.75) is 18.7 Å². The lowest BCUT2D eigenvalue weighted by Crippen LogP contribution is -2.08. The van der Waals surface area contributed by atoms with E-state index in [0.717, 1.165) is 6.42 Å². The van der Waals surface area contributed by atoms with Gasteiger partial charge in [0.25, 0.3) is 0 Å². The highest BCUT2D eigenvalue weighted by atomic mass is 35.5. The average molecular weight is 169 g/mol. The lowest BCUT2D eigenvalue weighted by Gasteiger charge is -2.13. The van der Waals surface area contributed by atoms with Crippen LogP contribution in [0.3, 0.4) is 0 Å². The van der Waals surface area contributed by atoms with Crippen molar-refractivity contribution in [1.29, 1.82) is 0 Å². The van der Waals surface area contributed by atoms with Gasteiger partial charge in [-0.15, -0.1) is 11.6 Å². The maximum Gasteiger partial charge on any atom is 0.0616 e. The largest absolute Gasteiger partial charge is 0.117 e. The van der Waals surface area contributed by atoms with E-state index < -0.39 is 0 Å². The predicted molar refractivity (Wildman–Crippen MR) is 50.8 cm³/mol. The fourth-order valence-electron chi connectivity index (χ4n) is 1.06. The molecule has 0 aromatic carbocycles. The van der Waals surface area contributed by atoms with Crippen molar-refractivity contribution in [3.8, 4) is 0 Å². The third kappa shape index (κ3) is 2.55. The standard InChI is InChI=1S/C10H13Cl/c1-2-3-6-9-7-4-5-8-10(9)11/h3-10H,2H2,1H3/b6-3+. The molecule has 0 N–H and O–H groups in total. The van der Waals surface area contributed by atoms with Crippen LogP contribution in [0.5, 0.6) is 0 Å². The third-order valence-corrected chi connectivity index (χ3v) is 2.14. The number of halogens is 1. The molecule has 11 heavy (non-hydrogen) atoms. The van der Waals surface area contributed by atoms with Crippen LogP contribution >= 0.6 is 11.6 Å². The second-order valence-electron chi connectivity index (χ2n) is 2.63. The molecular formula is C10H13Cl. The Kier molecular flexibility index (Phi) is 3.44. The molecular weight excluding hydrogens is 156 g/mol. The van der Waals surface area contributed by atoms with Gasteiger partial charge in [0.1, 0.15) is 0 Å². The molecule has 0 radical (unpaired) electrons. The Balaban J connectivity index is 2.52. The van der Waals surface area contributed by atoms with Gasteiger partial charge in [-0.25, -0.2) is 0 Å². The Bertz CT molecular complexity index is 189. The predicted octanol–water partition coefficient (Wildman–Crippen LogP) is 3.30. The van der Waals surface area contributed by atoms with Crippen LogP contribution in [0.15, 0.2) is 36.5 Å². The fourth-order valence-corrected chi connectivity index (χ4v) is 1.31. The summed E-state index contributed by atoms with van der Waals surface area (Å²) < 4.78 is 0. The minimum atomic E-state index is 0.141. The molecule has 1 heteroatoms. The minimum Gasteiger partial charge on any atom is -0.117 e. The summed E-state index contributed by atoms with van der Waals surface area (Å²) in [5.41, 5.74) is 0. The second kappa shape index (κ2) is 4.40. The van der Waals surface area contributed by atoms with Crippen LogP contribution in [0.25, 0.3) is 0 Å². The topological polar surface area (TPSA) is 0 Å². The van der Waals surface area contributed by atoms with E-state index >= 15 is 0 Å². The van der Waals surface area contributed by atoms with Gasteiger partial charge in [0.2, 0.25) is 0 Å². The molecule has 2 unspecified atom stereocenters. The molecule has 0 saturated heterocycles. The molecule has 0 spiro atoms. The van der Waals surface area contributed by atoms with Gasteiger partial charge in [0, 0.05) is 5.92 Å². The van der Waals surface area contributed by atoms with E-state index in [9.17, 15) is 0 Å². The van der Waals surface area contributed by atoms with Gasteiger partial charge in [-0.1, -0.05) is 43.4 Å². The van der Waals surface area contributed by atoms with E-state index in [1.807, 2.05) is 18.2 Å². The molecule has 1 aliphatic rings. The lowest BCUT2D eigenvalue weighted by atomic mass is 10.00. The summed E-state index contributed by atoms with van der Waals surface area (Å²) in [6.07, 6.45) is 13.6. The van der Waals surface area contributed by atoms with Gasteiger partial charge in [-0.3, -0.25) is 0 Å². The number of allylic oxidation sites excluding steroid dienone is 6. The smallest absolute Gasteiger partial charge is 0.0616 e. The molecule has 0 amide bonds. The van der Waals surface area contributed by atoms with Gasteiger partial charge in [-0.05, 0) is 6.42 Å². The third-order valence-electron chi connectivity index (χ3n) is 1.70. The molecule has 0 aromatic rings. The normalized spacial score (nSPS) is 30.0. The van der Waals surface area contributed by atoms with Crippen LogP contribution in [0.1, 0.15) is 13.3 Å². The highest BCUT2D eigenvalue weighted by Crippen LogP contribution is 2.19. The molecule has 0 bridgehead atoms. The van der Waals surface area contributed by atoms with Crippen LogP contribution in [0.4, 0.5) is 0 Å². The Morgan fingerprint density at radius 1 is 1.36 bits per heavy atom. The van der Waals surface area contributed by atoms with Gasteiger partial charge in [0.05, 0.1) is 5.38 Å². The Morgan fingerprint density at radius 2 is 2.09 bits per heavy atom. The molecule has 1 rings (SSSR count). The van der Waals surface area contributed by atoms with Crippen LogP contribution in [0.2, 0.25) is 0 Å². The number of rotatable bonds is 2. The van der Waals surface area contributed by atoms with Crippen molar-refractivity contribution in [3.05, 3.63) is 36.5 Å². The van der Waals surface area contributed by atoms with Crippen LogP contribution < -0.4 is 0 Å². The summed E-state index contributed by atoms with van der Waals surface area (Å²) in [5, 5.41) is 0.141. The van der Waals surface area contributed by atoms with Crippen molar-refractivity contribution >= 4 is 11.6 Å². The molecule has 0 saturated carbocycles. The Labute approximate surface area is 73.3 Å². The van der Waals surface area contributed by atoms with Gasteiger partial charge in [-0.2, -0.15) is 0 Å². The quantitative estimate of drug-likeness (QED) is 0.439. The fraction of sp³-hybridized carbons (Fsp3) is 0.400. The molecule has 0 heterocycles. The van der Waals surface area contributed by atoms with Crippen LogP contribution in [0, 0.1) is 5.92 Å². The molecule has 60 valence electrons. The summed E-state index contributed by atoms with van der Waals surface area (Å²) >= 11 is 6.03.